The number of aliphatic hydroxyl groups is 5. The summed E-state index contributed by atoms with van der Waals surface area (Å²) in [4.78, 5) is 36.0. The number of carboxylic acids is 4. The molecule has 5 atom stereocenters. The van der Waals surface area contributed by atoms with Gasteiger partial charge in [-0.05, 0) is 0 Å². The van der Waals surface area contributed by atoms with Crippen molar-refractivity contribution in [1.82, 2.24) is 0 Å². The summed E-state index contributed by atoms with van der Waals surface area (Å²) in [5.41, 5.74) is 0. The minimum absolute atomic E-state index is 0. The molecule has 1 aliphatic rings. The third kappa shape index (κ3) is 37.5. The number of aliphatic carboxylic acids is 4. The van der Waals surface area contributed by atoms with E-state index >= 15 is 0 Å². The van der Waals surface area contributed by atoms with Gasteiger partial charge in [0, 0.05) is 27.7 Å². The molecule has 29 heavy (non-hydrogen) atoms. The summed E-state index contributed by atoms with van der Waals surface area (Å²) in [7, 11) is 0. The molecule has 0 spiro atoms. The first kappa shape index (κ1) is 37.8. The van der Waals surface area contributed by atoms with Crippen molar-refractivity contribution in [2.75, 3.05) is 6.61 Å². The second kappa shape index (κ2) is 22.4. The molecule has 1 saturated heterocycles. The van der Waals surface area contributed by atoms with Crippen molar-refractivity contribution in [3.05, 3.63) is 0 Å². The SMILES string of the molecule is Br.CC(=O)O.CC(=O)O.CC(=O)O.CC(=O)O.OC[C@H]1O[C@H](O)[C@H](O)[C@@H](O)[C@@H]1O. The fourth-order valence-corrected chi connectivity index (χ4v) is 1.08. The van der Waals surface area contributed by atoms with Gasteiger partial charge in [-0.15, -0.1) is 17.0 Å². The quantitative estimate of drug-likeness (QED) is 0.183. The highest BCUT2D eigenvalue weighted by Crippen LogP contribution is 2.18. The van der Waals surface area contributed by atoms with E-state index in [1.807, 2.05) is 0 Å². The summed E-state index contributed by atoms with van der Waals surface area (Å²) in [6.45, 7) is 3.81. The van der Waals surface area contributed by atoms with Crippen LogP contribution in [0.3, 0.4) is 0 Å². The van der Waals surface area contributed by atoms with E-state index in [-0.39, 0.29) is 17.0 Å². The molecule has 14 nitrogen and oxygen atoms in total. The Bertz CT molecular complexity index is 389. The maximum Gasteiger partial charge on any atom is 0.300 e. The summed E-state index contributed by atoms with van der Waals surface area (Å²) in [6.07, 6.45) is -7.04. The Morgan fingerprint density at radius 1 is 0.655 bits per heavy atom. The maximum atomic E-state index is 9.12. The van der Waals surface area contributed by atoms with Crippen molar-refractivity contribution in [2.45, 2.75) is 58.4 Å². The van der Waals surface area contributed by atoms with Crippen LogP contribution in [0.5, 0.6) is 0 Å². The molecule has 0 bridgehead atoms. The summed E-state index contributed by atoms with van der Waals surface area (Å²) in [6, 6.07) is 0. The van der Waals surface area contributed by atoms with Gasteiger partial charge in [-0.2, -0.15) is 0 Å². The molecule has 0 aromatic carbocycles. The molecule has 0 radical (unpaired) electrons. The highest BCUT2D eigenvalue weighted by Gasteiger charge is 2.42. The minimum atomic E-state index is -1.57. The van der Waals surface area contributed by atoms with E-state index in [2.05, 4.69) is 4.74 Å². The van der Waals surface area contributed by atoms with Crippen LogP contribution in [0.2, 0.25) is 0 Å². The van der Waals surface area contributed by atoms with Crippen LogP contribution in [-0.2, 0) is 23.9 Å². The fraction of sp³-hybridized carbons (Fsp3) is 0.714. The van der Waals surface area contributed by atoms with E-state index in [1.54, 1.807) is 0 Å². The number of rotatable bonds is 1. The molecule has 15 heteroatoms. The van der Waals surface area contributed by atoms with Crippen LogP contribution in [0, 0.1) is 0 Å². The molecule has 0 saturated carbocycles. The fourth-order valence-electron chi connectivity index (χ4n) is 1.08. The van der Waals surface area contributed by atoms with Crippen molar-refractivity contribution in [2.24, 2.45) is 0 Å². The van der Waals surface area contributed by atoms with E-state index in [0.717, 1.165) is 27.7 Å². The molecular weight excluding hydrogens is 472 g/mol. The summed E-state index contributed by atoms with van der Waals surface area (Å²) >= 11 is 0. The first-order valence-electron chi connectivity index (χ1n) is 7.27. The molecule has 1 fully saturated rings. The van der Waals surface area contributed by atoms with Crippen molar-refractivity contribution in [3.63, 3.8) is 0 Å². The normalized spacial score (nSPS) is 23.8. The number of ether oxygens (including phenoxy) is 1. The number of hydrogen-bond acceptors (Lipinski definition) is 10. The number of halogens is 1. The second-order valence-electron chi connectivity index (χ2n) is 4.80. The molecule has 176 valence electrons. The molecule has 9 N–H and O–H groups in total. The Kier molecular flexibility index (Phi) is 29.2. The number of aliphatic hydroxyl groups excluding tert-OH is 5. The molecule has 0 aromatic heterocycles. The van der Waals surface area contributed by atoms with Gasteiger partial charge in [0.2, 0.25) is 0 Å². The van der Waals surface area contributed by atoms with E-state index in [4.69, 9.17) is 65.1 Å². The van der Waals surface area contributed by atoms with Crippen LogP contribution < -0.4 is 0 Å². The first-order valence-corrected chi connectivity index (χ1v) is 7.27. The lowest BCUT2D eigenvalue weighted by molar-refractivity contribution is -0.286. The van der Waals surface area contributed by atoms with E-state index in [9.17, 15) is 0 Å². The monoisotopic (exact) mass is 500 g/mol. The second-order valence-corrected chi connectivity index (χ2v) is 4.80. The van der Waals surface area contributed by atoms with Gasteiger partial charge in [0.05, 0.1) is 6.61 Å². The number of carboxylic acid groups (broad SMARTS) is 4. The van der Waals surface area contributed by atoms with Crippen LogP contribution >= 0.6 is 17.0 Å². The topological polar surface area (TPSA) is 260 Å². The van der Waals surface area contributed by atoms with Gasteiger partial charge >= 0.3 is 0 Å². The first-order chi connectivity index (χ1) is 12.5. The molecule has 0 aromatic rings. The summed E-state index contributed by atoms with van der Waals surface area (Å²) in [5.74, 6) is -3.33. The molecule has 0 unspecified atom stereocenters. The maximum absolute atomic E-state index is 9.12. The van der Waals surface area contributed by atoms with Crippen LogP contribution in [0.15, 0.2) is 0 Å². The third-order valence-electron chi connectivity index (χ3n) is 1.87. The highest BCUT2D eigenvalue weighted by atomic mass is 79.9. The Balaban J connectivity index is -0.0000000949. The van der Waals surface area contributed by atoms with Crippen LogP contribution in [-0.4, -0.2) is 107 Å². The van der Waals surface area contributed by atoms with Crippen LogP contribution in [0.4, 0.5) is 0 Å². The molecule has 0 amide bonds. The van der Waals surface area contributed by atoms with Crippen molar-refractivity contribution >= 4 is 40.9 Å². The van der Waals surface area contributed by atoms with Crippen LogP contribution in [0.1, 0.15) is 27.7 Å². The average molecular weight is 501 g/mol. The van der Waals surface area contributed by atoms with Crippen molar-refractivity contribution in [1.29, 1.82) is 0 Å². The molecular formula is C14H29BrO14. The Morgan fingerprint density at radius 2 is 0.897 bits per heavy atom. The lowest BCUT2D eigenvalue weighted by Gasteiger charge is -2.37. The van der Waals surface area contributed by atoms with Gasteiger partial charge in [-0.25, -0.2) is 0 Å². The highest BCUT2D eigenvalue weighted by molar-refractivity contribution is 8.93. The summed E-state index contributed by atoms with van der Waals surface area (Å²) < 4.78 is 4.58. The largest absolute Gasteiger partial charge is 0.481 e. The smallest absolute Gasteiger partial charge is 0.300 e. The molecule has 0 aliphatic carbocycles. The minimum Gasteiger partial charge on any atom is -0.481 e. The lowest BCUT2D eigenvalue weighted by Crippen LogP contribution is -2.58. The Hall–Kier alpha value is -1.88. The van der Waals surface area contributed by atoms with E-state index in [0.29, 0.717) is 0 Å². The molecule has 1 aliphatic heterocycles. The van der Waals surface area contributed by atoms with Crippen molar-refractivity contribution in [3.8, 4) is 0 Å². The van der Waals surface area contributed by atoms with Gasteiger partial charge in [0.25, 0.3) is 23.9 Å². The Morgan fingerprint density at radius 3 is 1.10 bits per heavy atom. The van der Waals surface area contributed by atoms with Gasteiger partial charge in [0.1, 0.15) is 24.4 Å². The molecule has 1 heterocycles. The van der Waals surface area contributed by atoms with Gasteiger partial charge in [0.15, 0.2) is 6.29 Å². The Labute approximate surface area is 176 Å². The summed E-state index contributed by atoms with van der Waals surface area (Å²) in [5, 5.41) is 74.3. The van der Waals surface area contributed by atoms with E-state index in [1.165, 1.54) is 0 Å². The van der Waals surface area contributed by atoms with Crippen molar-refractivity contribution < 1.29 is 69.9 Å². The predicted molar refractivity (Wildman–Crippen MR) is 99.5 cm³/mol. The standard InChI is InChI=1S/C6H12O6.4C2H4O2.BrH/c7-1-2-3(8)4(9)5(10)6(11)12-2;4*1-2(3)4;/h2-11H,1H2;4*1H3,(H,3,4);1H/t2-,3-,4+,5-,6+;;;;;/m1...../s1. The zero-order chi connectivity index (χ0) is 23.6. The zero-order valence-corrected chi connectivity index (χ0v) is 17.8. The number of hydrogen-bond donors (Lipinski definition) is 9. The number of carbonyl (C=O) groups is 4. The van der Waals surface area contributed by atoms with Gasteiger partial charge < -0.3 is 50.7 Å². The van der Waals surface area contributed by atoms with Gasteiger partial charge in [-0.3, -0.25) is 19.2 Å². The predicted octanol–water partition coefficient (Wildman–Crippen LogP) is -2.28. The molecule has 1 rings (SSSR count). The van der Waals surface area contributed by atoms with Gasteiger partial charge in [-0.1, -0.05) is 0 Å². The zero-order valence-electron chi connectivity index (χ0n) is 16.1. The van der Waals surface area contributed by atoms with Crippen LogP contribution in [0.25, 0.3) is 0 Å². The average Bonchev–Trinajstić information content (AvgIpc) is 2.46. The van der Waals surface area contributed by atoms with E-state index < -0.39 is 61.2 Å². The lowest BCUT2D eigenvalue weighted by atomic mass is 10.00. The third-order valence-corrected chi connectivity index (χ3v) is 1.87.